The Balaban J connectivity index is 1.45. The van der Waals surface area contributed by atoms with Crippen molar-refractivity contribution in [2.24, 2.45) is 17.6 Å². The van der Waals surface area contributed by atoms with Crippen molar-refractivity contribution in [3.8, 4) is 11.5 Å². The number of benzene rings is 2. The second-order valence-electron chi connectivity index (χ2n) is 7.76. The molecule has 0 spiro atoms. The first-order valence-electron chi connectivity index (χ1n) is 9.68. The number of nitrogens with two attached hydrogens (primary N) is 1. The van der Waals surface area contributed by atoms with Crippen LogP contribution < -0.4 is 25.0 Å². The van der Waals surface area contributed by atoms with Crippen molar-refractivity contribution in [2.75, 3.05) is 16.6 Å². The van der Waals surface area contributed by atoms with E-state index in [2.05, 4.69) is 0 Å². The van der Waals surface area contributed by atoms with Crippen molar-refractivity contribution >= 4 is 35.2 Å². The number of hydrogen-bond donors (Lipinski definition) is 1. The van der Waals surface area contributed by atoms with E-state index in [0.29, 0.717) is 17.2 Å². The minimum Gasteiger partial charge on any atom is -0.454 e. The summed E-state index contributed by atoms with van der Waals surface area (Å²) in [6.45, 7) is 0.0942. The lowest BCUT2D eigenvalue weighted by atomic mass is 9.88. The fourth-order valence-corrected chi connectivity index (χ4v) is 5.12. The molecule has 0 unspecified atom stereocenters. The molecule has 0 bridgehead atoms. The molecule has 8 nitrogen and oxygen atoms in total. The zero-order valence-electron chi connectivity index (χ0n) is 15.7. The van der Waals surface area contributed by atoms with Gasteiger partial charge in [-0.25, -0.2) is 4.90 Å². The summed E-state index contributed by atoms with van der Waals surface area (Å²) in [4.78, 5) is 42.4. The van der Waals surface area contributed by atoms with Crippen molar-refractivity contribution in [2.45, 2.75) is 12.1 Å². The Morgan fingerprint density at radius 1 is 1.00 bits per heavy atom. The highest BCUT2D eigenvalue weighted by Gasteiger charge is 2.64. The van der Waals surface area contributed by atoms with Crippen LogP contribution in [0.1, 0.15) is 5.56 Å². The molecule has 2 N–H and O–H groups in total. The lowest BCUT2D eigenvalue weighted by Gasteiger charge is -2.35. The number of rotatable bonds is 2. The Labute approximate surface area is 171 Å². The Hall–Kier alpha value is -3.81. The van der Waals surface area contributed by atoms with E-state index in [1.165, 1.54) is 0 Å². The van der Waals surface area contributed by atoms with Crippen molar-refractivity contribution in [3.05, 3.63) is 54.1 Å². The number of carbonyl (C=O) groups is 3. The number of nitrogens with zero attached hydrogens (tertiary/aromatic N) is 2. The van der Waals surface area contributed by atoms with Gasteiger partial charge in [0.25, 0.3) is 0 Å². The summed E-state index contributed by atoms with van der Waals surface area (Å²) in [6.07, 6.45) is 3.81. The van der Waals surface area contributed by atoms with Gasteiger partial charge in [-0.2, -0.15) is 0 Å². The van der Waals surface area contributed by atoms with Crippen LogP contribution in [0.5, 0.6) is 11.5 Å². The molecule has 2 fully saturated rings. The van der Waals surface area contributed by atoms with Gasteiger partial charge in [0.15, 0.2) is 11.5 Å². The lowest BCUT2D eigenvalue weighted by molar-refractivity contribution is -0.127. The quantitative estimate of drug-likeness (QED) is 0.759. The van der Waals surface area contributed by atoms with E-state index in [-0.39, 0.29) is 12.7 Å². The normalized spacial score (nSPS) is 27.9. The van der Waals surface area contributed by atoms with E-state index in [0.717, 1.165) is 16.2 Å². The molecule has 6 rings (SSSR count). The SMILES string of the molecule is NC(=O)[C@@H]1[C@@H]2C(=O)N(c3ccc4c(c3)OCO4)C(=O)[C@@H]2[C@H]2C=Cc3ccccc3N21. The summed E-state index contributed by atoms with van der Waals surface area (Å²) < 4.78 is 10.7. The average Bonchev–Trinajstić information content (AvgIpc) is 3.41. The van der Waals surface area contributed by atoms with Gasteiger partial charge in [0.05, 0.1) is 23.6 Å². The number of imide groups is 1. The molecule has 0 aliphatic carbocycles. The Bertz CT molecular complexity index is 1160. The maximum Gasteiger partial charge on any atom is 0.241 e. The monoisotopic (exact) mass is 403 g/mol. The van der Waals surface area contributed by atoms with Gasteiger partial charge >= 0.3 is 0 Å². The van der Waals surface area contributed by atoms with Gasteiger partial charge in [0, 0.05) is 11.8 Å². The largest absolute Gasteiger partial charge is 0.454 e. The van der Waals surface area contributed by atoms with E-state index >= 15 is 0 Å². The van der Waals surface area contributed by atoms with Crippen LogP contribution in [0, 0.1) is 11.8 Å². The third-order valence-electron chi connectivity index (χ3n) is 6.32. The highest BCUT2D eigenvalue weighted by atomic mass is 16.7. The van der Waals surface area contributed by atoms with E-state index in [9.17, 15) is 14.4 Å². The molecule has 2 aromatic carbocycles. The number of ether oxygens (including phenoxy) is 2. The second-order valence-corrected chi connectivity index (χ2v) is 7.76. The number of primary amides is 1. The van der Waals surface area contributed by atoms with Crippen LogP contribution in [0.15, 0.2) is 48.5 Å². The second kappa shape index (κ2) is 5.85. The van der Waals surface area contributed by atoms with Crippen molar-refractivity contribution in [1.29, 1.82) is 0 Å². The molecule has 3 amide bonds. The number of carbonyl (C=O) groups excluding carboxylic acids is 3. The van der Waals surface area contributed by atoms with Gasteiger partial charge in [-0.05, 0) is 23.8 Å². The van der Waals surface area contributed by atoms with Crippen LogP contribution >= 0.6 is 0 Å². The Kier molecular flexibility index (Phi) is 3.33. The van der Waals surface area contributed by atoms with Crippen molar-refractivity contribution in [1.82, 2.24) is 0 Å². The number of anilines is 2. The zero-order valence-corrected chi connectivity index (χ0v) is 15.7. The van der Waals surface area contributed by atoms with Gasteiger partial charge < -0.3 is 20.1 Å². The van der Waals surface area contributed by atoms with Crippen molar-refractivity contribution in [3.63, 3.8) is 0 Å². The van der Waals surface area contributed by atoms with E-state index in [4.69, 9.17) is 15.2 Å². The standard InChI is InChI=1S/C22H17N3O5/c23-20(26)19-18-17(14-7-5-11-3-1-2-4-13(11)25(14)19)21(27)24(22(18)28)12-6-8-15-16(9-12)30-10-29-15/h1-9,14,17-19H,10H2,(H2,23,26)/t14-,17-,18-,19+/m1/s1. The predicted octanol–water partition coefficient (Wildman–Crippen LogP) is 1.29. The van der Waals surface area contributed by atoms with E-state index < -0.39 is 35.7 Å². The molecular weight excluding hydrogens is 386 g/mol. The molecule has 0 aromatic heterocycles. The average molecular weight is 403 g/mol. The van der Waals surface area contributed by atoms with Crippen LogP contribution in [0.3, 0.4) is 0 Å². The predicted molar refractivity (Wildman–Crippen MR) is 107 cm³/mol. The topological polar surface area (TPSA) is 102 Å². The molecular formula is C22H17N3O5. The van der Waals surface area contributed by atoms with E-state index in [1.54, 1.807) is 18.2 Å². The van der Waals surface area contributed by atoms with Gasteiger partial charge in [0.2, 0.25) is 24.5 Å². The molecule has 4 atom stereocenters. The summed E-state index contributed by atoms with van der Waals surface area (Å²) in [5.41, 5.74) is 7.89. The van der Waals surface area contributed by atoms with Crippen LogP contribution in [0.25, 0.3) is 6.08 Å². The van der Waals surface area contributed by atoms with Crippen LogP contribution in [0.4, 0.5) is 11.4 Å². The number of fused-ring (bicyclic) bond motifs is 6. The molecule has 8 heteroatoms. The van der Waals surface area contributed by atoms with Gasteiger partial charge in [-0.15, -0.1) is 0 Å². The van der Waals surface area contributed by atoms with Crippen LogP contribution in [-0.4, -0.2) is 36.6 Å². The molecule has 0 radical (unpaired) electrons. The van der Waals surface area contributed by atoms with Gasteiger partial charge in [0.1, 0.15) is 6.04 Å². The third-order valence-corrected chi connectivity index (χ3v) is 6.32. The third kappa shape index (κ3) is 2.07. The highest BCUT2D eigenvalue weighted by molar-refractivity contribution is 6.24. The first kappa shape index (κ1) is 17.1. The molecule has 4 heterocycles. The minimum atomic E-state index is -0.901. The lowest BCUT2D eigenvalue weighted by Crippen LogP contribution is -2.50. The maximum atomic E-state index is 13.5. The fraction of sp³-hybridized carbons (Fsp3) is 0.227. The molecule has 0 saturated carbocycles. The maximum absolute atomic E-state index is 13.5. The zero-order chi connectivity index (χ0) is 20.6. The molecule has 150 valence electrons. The molecule has 30 heavy (non-hydrogen) atoms. The van der Waals surface area contributed by atoms with Crippen molar-refractivity contribution < 1.29 is 23.9 Å². The minimum absolute atomic E-state index is 0.0942. The summed E-state index contributed by atoms with van der Waals surface area (Å²) in [6, 6.07) is 11.2. The smallest absolute Gasteiger partial charge is 0.241 e. The molecule has 4 aliphatic rings. The summed E-state index contributed by atoms with van der Waals surface area (Å²) in [7, 11) is 0. The molecule has 4 aliphatic heterocycles. The first-order valence-corrected chi connectivity index (χ1v) is 9.68. The van der Waals surface area contributed by atoms with Crippen LogP contribution in [-0.2, 0) is 14.4 Å². The number of para-hydroxylation sites is 1. The molecule has 2 saturated heterocycles. The van der Waals surface area contributed by atoms with Crippen LogP contribution in [0.2, 0.25) is 0 Å². The Morgan fingerprint density at radius 2 is 1.77 bits per heavy atom. The summed E-state index contributed by atoms with van der Waals surface area (Å²) >= 11 is 0. The first-order chi connectivity index (χ1) is 14.6. The van der Waals surface area contributed by atoms with Gasteiger partial charge in [-0.1, -0.05) is 30.4 Å². The molecule has 2 aromatic rings. The number of amides is 3. The summed E-state index contributed by atoms with van der Waals surface area (Å²) in [5, 5.41) is 0. The highest BCUT2D eigenvalue weighted by Crippen LogP contribution is 2.49. The van der Waals surface area contributed by atoms with Gasteiger partial charge in [-0.3, -0.25) is 14.4 Å². The Morgan fingerprint density at radius 3 is 2.60 bits per heavy atom. The summed E-state index contributed by atoms with van der Waals surface area (Å²) in [5.74, 6) is -1.88. The van der Waals surface area contributed by atoms with E-state index in [1.807, 2.05) is 41.3 Å². The number of hydrogen-bond acceptors (Lipinski definition) is 6. The fourth-order valence-electron chi connectivity index (χ4n) is 5.12.